The van der Waals surface area contributed by atoms with Gasteiger partial charge in [0.2, 0.25) is 5.88 Å². The summed E-state index contributed by atoms with van der Waals surface area (Å²) in [5.74, 6) is -1.12. The first-order valence-electron chi connectivity index (χ1n) is 3.00. The second-order valence-corrected chi connectivity index (χ2v) is 2.37. The largest absolute Gasteiger partial charge is 0.574 e. The molecule has 7 heteroatoms. The third kappa shape index (κ3) is 2.98. The van der Waals surface area contributed by atoms with E-state index in [1.807, 2.05) is 0 Å². The lowest BCUT2D eigenvalue weighted by atomic mass is 10.4. The molecular weight excluding hydrogens is 211 g/mol. The normalized spacial score (nSPS) is 11.4. The Bertz CT molecular complexity index is 315. The van der Waals surface area contributed by atoms with Crippen molar-refractivity contribution in [2.24, 2.45) is 0 Å². The summed E-state index contributed by atoms with van der Waals surface area (Å²) in [6, 6.07) is 1.81. The van der Waals surface area contributed by atoms with Gasteiger partial charge in [-0.2, -0.15) is 4.98 Å². The van der Waals surface area contributed by atoms with E-state index in [2.05, 4.69) is 9.72 Å². The highest BCUT2D eigenvalue weighted by molar-refractivity contribution is 6.30. The summed E-state index contributed by atoms with van der Waals surface area (Å²) in [7, 11) is 0. The van der Waals surface area contributed by atoms with E-state index in [1.165, 1.54) is 0 Å². The van der Waals surface area contributed by atoms with Crippen molar-refractivity contribution in [3.8, 4) is 11.6 Å². The lowest BCUT2D eigenvalue weighted by Crippen LogP contribution is -2.17. The van der Waals surface area contributed by atoms with Gasteiger partial charge in [-0.15, -0.1) is 13.2 Å². The minimum absolute atomic E-state index is 0.406. The van der Waals surface area contributed by atoms with Gasteiger partial charge in [0.15, 0.2) is 10.9 Å². The lowest BCUT2D eigenvalue weighted by Gasteiger charge is -2.07. The highest BCUT2D eigenvalue weighted by Gasteiger charge is 2.31. The quantitative estimate of drug-likeness (QED) is 0.728. The number of aromatic hydroxyl groups is 1. The number of rotatable bonds is 1. The smallest absolute Gasteiger partial charge is 0.505 e. The lowest BCUT2D eigenvalue weighted by molar-refractivity contribution is -0.276. The molecule has 1 aromatic rings. The van der Waals surface area contributed by atoms with Crippen molar-refractivity contribution in [2.75, 3.05) is 0 Å². The molecule has 0 aliphatic heterocycles. The van der Waals surface area contributed by atoms with E-state index >= 15 is 0 Å². The van der Waals surface area contributed by atoms with Gasteiger partial charge in [0, 0.05) is 6.07 Å². The van der Waals surface area contributed by atoms with Crippen molar-refractivity contribution in [1.82, 2.24) is 4.98 Å². The molecule has 1 aromatic heterocycles. The fourth-order valence-corrected chi connectivity index (χ4v) is 0.732. The predicted molar refractivity (Wildman–Crippen MR) is 37.6 cm³/mol. The second-order valence-electron chi connectivity index (χ2n) is 2.01. The maximum atomic E-state index is 11.6. The molecule has 3 nitrogen and oxygen atoms in total. The van der Waals surface area contributed by atoms with E-state index in [4.69, 9.17) is 16.7 Å². The molecule has 1 heterocycles. The molecule has 0 saturated carbocycles. The van der Waals surface area contributed by atoms with E-state index < -0.39 is 23.1 Å². The molecule has 0 unspecified atom stereocenters. The SMILES string of the molecule is Oc1ccc(OC(F)(F)F)nc1Cl. The van der Waals surface area contributed by atoms with Crippen LogP contribution in [0.5, 0.6) is 11.6 Å². The zero-order valence-electron chi connectivity index (χ0n) is 5.97. The topological polar surface area (TPSA) is 42.4 Å². The van der Waals surface area contributed by atoms with Gasteiger partial charge in [-0.05, 0) is 6.07 Å². The molecule has 0 fully saturated rings. The molecule has 0 amide bonds. The molecule has 0 aliphatic rings. The Morgan fingerprint density at radius 3 is 2.46 bits per heavy atom. The maximum absolute atomic E-state index is 11.6. The van der Waals surface area contributed by atoms with Gasteiger partial charge in [0.05, 0.1) is 0 Å². The molecule has 13 heavy (non-hydrogen) atoms. The molecule has 72 valence electrons. The Morgan fingerprint density at radius 2 is 2.00 bits per heavy atom. The summed E-state index contributed by atoms with van der Waals surface area (Å²) >= 11 is 5.23. The molecule has 0 aliphatic carbocycles. The third-order valence-corrected chi connectivity index (χ3v) is 1.30. The molecule has 0 radical (unpaired) electrons. The standard InChI is InChI=1S/C6H3ClF3NO2/c7-5-3(12)1-2-4(11-5)13-6(8,9)10/h1-2,12H. The van der Waals surface area contributed by atoms with Crippen molar-refractivity contribution in [3.63, 3.8) is 0 Å². The van der Waals surface area contributed by atoms with Crippen LogP contribution in [0.15, 0.2) is 12.1 Å². The van der Waals surface area contributed by atoms with Gasteiger partial charge < -0.3 is 9.84 Å². The molecule has 0 saturated heterocycles. The van der Waals surface area contributed by atoms with E-state index in [1.54, 1.807) is 0 Å². The summed E-state index contributed by atoms with van der Waals surface area (Å²) < 4.78 is 38.2. The fraction of sp³-hybridized carbons (Fsp3) is 0.167. The van der Waals surface area contributed by atoms with Crippen molar-refractivity contribution < 1.29 is 23.0 Å². The predicted octanol–water partition coefficient (Wildman–Crippen LogP) is 2.34. The van der Waals surface area contributed by atoms with Gasteiger partial charge in [0.1, 0.15) is 0 Å². The van der Waals surface area contributed by atoms with Crippen LogP contribution in [0.3, 0.4) is 0 Å². The van der Waals surface area contributed by atoms with Crippen molar-refractivity contribution in [3.05, 3.63) is 17.3 Å². The summed E-state index contributed by atoms with van der Waals surface area (Å²) in [6.07, 6.45) is -4.81. The summed E-state index contributed by atoms with van der Waals surface area (Å²) in [4.78, 5) is 3.13. The number of ether oxygens (including phenoxy) is 1. The van der Waals surface area contributed by atoms with Crippen molar-refractivity contribution >= 4 is 11.6 Å². The second kappa shape index (κ2) is 3.29. The van der Waals surface area contributed by atoms with Crippen LogP contribution in [0.25, 0.3) is 0 Å². The Kier molecular flexibility index (Phi) is 2.51. The van der Waals surface area contributed by atoms with Gasteiger partial charge in [-0.1, -0.05) is 11.6 Å². The minimum atomic E-state index is -4.81. The van der Waals surface area contributed by atoms with Crippen LogP contribution in [0.1, 0.15) is 0 Å². The summed E-state index contributed by atoms with van der Waals surface area (Å²) in [5, 5.41) is 8.37. The summed E-state index contributed by atoms with van der Waals surface area (Å²) in [6.45, 7) is 0. The number of nitrogens with zero attached hydrogens (tertiary/aromatic N) is 1. The molecule has 0 aromatic carbocycles. The number of hydrogen-bond donors (Lipinski definition) is 1. The van der Waals surface area contributed by atoms with Crippen LogP contribution < -0.4 is 4.74 Å². The van der Waals surface area contributed by atoms with Crippen LogP contribution in [0.2, 0.25) is 5.15 Å². The molecule has 0 atom stereocenters. The summed E-state index contributed by atoms with van der Waals surface area (Å²) in [5.41, 5.74) is 0. The Hall–Kier alpha value is -1.17. The molecule has 0 spiro atoms. The fourth-order valence-electron chi connectivity index (χ4n) is 0.586. The van der Waals surface area contributed by atoms with E-state index in [9.17, 15) is 13.2 Å². The van der Waals surface area contributed by atoms with Gasteiger partial charge in [0.25, 0.3) is 0 Å². The Balaban J connectivity index is 2.86. The third-order valence-electron chi connectivity index (χ3n) is 1.02. The van der Waals surface area contributed by atoms with Crippen LogP contribution in [-0.4, -0.2) is 16.5 Å². The molecular formula is C6H3ClF3NO2. The van der Waals surface area contributed by atoms with Crippen LogP contribution in [0.4, 0.5) is 13.2 Å². The first-order chi connectivity index (χ1) is 5.88. The number of halogens is 4. The van der Waals surface area contributed by atoms with Crippen LogP contribution in [0, 0.1) is 0 Å². The zero-order valence-corrected chi connectivity index (χ0v) is 6.73. The van der Waals surface area contributed by atoms with Crippen molar-refractivity contribution in [2.45, 2.75) is 6.36 Å². The highest BCUT2D eigenvalue weighted by Crippen LogP contribution is 2.26. The average Bonchev–Trinajstić information content (AvgIpc) is 1.94. The average molecular weight is 214 g/mol. The Labute approximate surface area is 75.7 Å². The number of pyridine rings is 1. The van der Waals surface area contributed by atoms with Gasteiger partial charge in [-0.3, -0.25) is 0 Å². The van der Waals surface area contributed by atoms with E-state index in [0.717, 1.165) is 12.1 Å². The highest BCUT2D eigenvalue weighted by atomic mass is 35.5. The van der Waals surface area contributed by atoms with Crippen molar-refractivity contribution in [1.29, 1.82) is 0 Å². The molecule has 1 N–H and O–H groups in total. The number of hydrogen-bond acceptors (Lipinski definition) is 3. The molecule has 1 rings (SSSR count). The Morgan fingerprint density at radius 1 is 1.38 bits per heavy atom. The van der Waals surface area contributed by atoms with E-state index in [-0.39, 0.29) is 0 Å². The van der Waals surface area contributed by atoms with Gasteiger partial charge >= 0.3 is 6.36 Å². The monoisotopic (exact) mass is 213 g/mol. The van der Waals surface area contributed by atoms with Crippen LogP contribution in [-0.2, 0) is 0 Å². The minimum Gasteiger partial charge on any atom is -0.505 e. The van der Waals surface area contributed by atoms with Gasteiger partial charge in [-0.25, -0.2) is 0 Å². The number of alkyl halides is 3. The first kappa shape index (κ1) is 9.91. The molecule has 0 bridgehead atoms. The zero-order chi connectivity index (χ0) is 10.1. The maximum Gasteiger partial charge on any atom is 0.574 e. The first-order valence-corrected chi connectivity index (χ1v) is 3.37. The number of aromatic nitrogens is 1. The van der Waals surface area contributed by atoms with E-state index in [0.29, 0.717) is 0 Å². The van der Waals surface area contributed by atoms with Crippen LogP contribution >= 0.6 is 11.6 Å².